The monoisotopic (exact) mass is 351 g/mol. The lowest BCUT2D eigenvalue weighted by Crippen LogP contribution is -2.02. The Kier molecular flexibility index (Phi) is 3.69. The van der Waals surface area contributed by atoms with Crippen LogP contribution in [0.1, 0.15) is 36.7 Å². The van der Waals surface area contributed by atoms with Gasteiger partial charge in [0.15, 0.2) is 17.1 Å². The van der Waals surface area contributed by atoms with Crippen molar-refractivity contribution >= 4 is 28.4 Å². The molecule has 0 unspecified atom stereocenters. The molecule has 25 heavy (non-hydrogen) atoms. The van der Waals surface area contributed by atoms with Crippen LogP contribution in [0.2, 0.25) is 5.02 Å². The van der Waals surface area contributed by atoms with E-state index in [0.29, 0.717) is 22.4 Å². The average Bonchev–Trinajstić information content (AvgIpc) is 3.02. The lowest BCUT2D eigenvalue weighted by Gasteiger charge is -2.10. The van der Waals surface area contributed by atoms with Crippen LogP contribution >= 0.6 is 11.6 Å². The standard InChI is InChI=1S/C19H18ClN5/c1-10(2)15-7-8-16-19(22-15)25-17(12(4)21-16)23-24-18(25)13-9-11(3)5-6-14(13)20/h5-10H,1-4H3. The Morgan fingerprint density at radius 2 is 1.76 bits per heavy atom. The molecule has 0 amide bonds. The van der Waals surface area contributed by atoms with E-state index in [1.807, 2.05) is 48.6 Å². The fourth-order valence-electron chi connectivity index (χ4n) is 2.96. The van der Waals surface area contributed by atoms with Gasteiger partial charge in [0.25, 0.3) is 0 Å². The summed E-state index contributed by atoms with van der Waals surface area (Å²) >= 11 is 6.44. The average molecular weight is 352 g/mol. The minimum Gasteiger partial charge on any atom is -0.255 e. The van der Waals surface area contributed by atoms with Crippen LogP contribution in [-0.4, -0.2) is 24.6 Å². The fraction of sp³-hybridized carbons (Fsp3) is 0.263. The van der Waals surface area contributed by atoms with Crippen LogP contribution in [0, 0.1) is 13.8 Å². The summed E-state index contributed by atoms with van der Waals surface area (Å²) in [5, 5.41) is 9.38. The molecule has 0 spiro atoms. The van der Waals surface area contributed by atoms with Crippen molar-refractivity contribution in [2.75, 3.05) is 0 Å². The van der Waals surface area contributed by atoms with Gasteiger partial charge < -0.3 is 0 Å². The normalized spacial score (nSPS) is 11.8. The van der Waals surface area contributed by atoms with Gasteiger partial charge in [0, 0.05) is 11.3 Å². The lowest BCUT2D eigenvalue weighted by molar-refractivity contribution is 0.825. The molecule has 0 N–H and O–H groups in total. The maximum atomic E-state index is 6.44. The summed E-state index contributed by atoms with van der Waals surface area (Å²) in [6, 6.07) is 9.92. The van der Waals surface area contributed by atoms with Crippen molar-refractivity contribution in [3.63, 3.8) is 0 Å². The van der Waals surface area contributed by atoms with Gasteiger partial charge in [0.2, 0.25) is 0 Å². The molecule has 0 bridgehead atoms. The van der Waals surface area contributed by atoms with E-state index in [9.17, 15) is 0 Å². The summed E-state index contributed by atoms with van der Waals surface area (Å²) in [6.45, 7) is 8.21. The second-order valence-electron chi connectivity index (χ2n) is 6.60. The van der Waals surface area contributed by atoms with Crippen LogP contribution in [0.4, 0.5) is 0 Å². The van der Waals surface area contributed by atoms with E-state index in [4.69, 9.17) is 16.6 Å². The quantitative estimate of drug-likeness (QED) is 0.523. The van der Waals surface area contributed by atoms with Gasteiger partial charge in [-0.1, -0.05) is 37.1 Å². The van der Waals surface area contributed by atoms with Crippen LogP contribution in [0.5, 0.6) is 0 Å². The molecule has 3 heterocycles. The van der Waals surface area contributed by atoms with Gasteiger partial charge in [0.1, 0.15) is 5.52 Å². The van der Waals surface area contributed by atoms with Crippen LogP contribution in [-0.2, 0) is 0 Å². The van der Waals surface area contributed by atoms with Crippen LogP contribution in [0.3, 0.4) is 0 Å². The van der Waals surface area contributed by atoms with Crippen molar-refractivity contribution in [3.8, 4) is 11.4 Å². The SMILES string of the molecule is Cc1ccc(Cl)c(-c2nnc3c(C)nc4ccc(C(C)C)nc4n23)c1. The van der Waals surface area contributed by atoms with Crippen molar-refractivity contribution in [1.82, 2.24) is 24.6 Å². The van der Waals surface area contributed by atoms with Crippen molar-refractivity contribution in [2.45, 2.75) is 33.6 Å². The topological polar surface area (TPSA) is 56.0 Å². The summed E-state index contributed by atoms with van der Waals surface area (Å²) in [4.78, 5) is 9.46. The minimum atomic E-state index is 0.322. The van der Waals surface area contributed by atoms with Crippen molar-refractivity contribution in [2.24, 2.45) is 0 Å². The third kappa shape index (κ3) is 2.55. The Balaban J connectivity index is 2.14. The third-order valence-electron chi connectivity index (χ3n) is 4.32. The van der Waals surface area contributed by atoms with E-state index in [-0.39, 0.29) is 0 Å². The molecular weight excluding hydrogens is 334 g/mol. The first kappa shape index (κ1) is 16.0. The van der Waals surface area contributed by atoms with Crippen LogP contribution in [0.25, 0.3) is 28.2 Å². The number of nitrogens with zero attached hydrogens (tertiary/aromatic N) is 5. The predicted molar refractivity (Wildman–Crippen MR) is 100 cm³/mol. The van der Waals surface area contributed by atoms with Gasteiger partial charge in [-0.25, -0.2) is 9.97 Å². The number of aromatic nitrogens is 5. The molecule has 0 saturated carbocycles. The first-order valence-electron chi connectivity index (χ1n) is 8.24. The largest absolute Gasteiger partial charge is 0.255 e. The molecule has 4 aromatic rings. The maximum Gasteiger partial charge on any atom is 0.184 e. The number of hydrogen-bond donors (Lipinski definition) is 0. The number of aryl methyl sites for hydroxylation is 2. The van der Waals surface area contributed by atoms with Gasteiger partial charge in [0.05, 0.1) is 10.7 Å². The molecule has 4 rings (SSSR count). The van der Waals surface area contributed by atoms with Gasteiger partial charge >= 0.3 is 0 Å². The highest BCUT2D eigenvalue weighted by Gasteiger charge is 2.18. The smallest absolute Gasteiger partial charge is 0.184 e. The highest BCUT2D eigenvalue weighted by Crippen LogP contribution is 2.30. The van der Waals surface area contributed by atoms with Crippen LogP contribution in [0.15, 0.2) is 30.3 Å². The van der Waals surface area contributed by atoms with Crippen molar-refractivity contribution < 1.29 is 0 Å². The van der Waals surface area contributed by atoms with Crippen LogP contribution < -0.4 is 0 Å². The zero-order chi connectivity index (χ0) is 17.7. The second kappa shape index (κ2) is 5.77. The molecule has 0 saturated heterocycles. The van der Waals surface area contributed by atoms with E-state index in [1.165, 1.54) is 0 Å². The molecule has 3 aromatic heterocycles. The van der Waals surface area contributed by atoms with Gasteiger partial charge in [-0.2, -0.15) is 0 Å². The molecule has 0 aliphatic rings. The fourth-order valence-corrected chi connectivity index (χ4v) is 3.17. The molecule has 126 valence electrons. The molecule has 0 aliphatic heterocycles. The molecular formula is C19H18ClN5. The summed E-state index contributed by atoms with van der Waals surface area (Å²) in [5.41, 5.74) is 6.06. The maximum absolute atomic E-state index is 6.44. The van der Waals surface area contributed by atoms with E-state index in [0.717, 1.165) is 33.7 Å². The van der Waals surface area contributed by atoms with Crippen molar-refractivity contribution in [3.05, 3.63) is 52.3 Å². The molecule has 5 nitrogen and oxygen atoms in total. The Labute approximate surface area is 150 Å². The van der Waals surface area contributed by atoms with E-state index >= 15 is 0 Å². The molecule has 1 aromatic carbocycles. The predicted octanol–water partition coefficient (Wildman–Crippen LogP) is 4.73. The van der Waals surface area contributed by atoms with Gasteiger partial charge in [-0.15, -0.1) is 10.2 Å². The van der Waals surface area contributed by atoms with E-state index in [2.05, 4.69) is 29.0 Å². The summed E-state index contributed by atoms with van der Waals surface area (Å²) in [7, 11) is 0. The Morgan fingerprint density at radius 3 is 2.52 bits per heavy atom. The van der Waals surface area contributed by atoms with Crippen molar-refractivity contribution in [1.29, 1.82) is 0 Å². The van der Waals surface area contributed by atoms with E-state index in [1.54, 1.807) is 0 Å². The van der Waals surface area contributed by atoms with Gasteiger partial charge in [-0.3, -0.25) is 4.40 Å². The molecule has 0 aliphatic carbocycles. The zero-order valence-electron chi connectivity index (χ0n) is 14.6. The Morgan fingerprint density at radius 1 is 0.960 bits per heavy atom. The summed E-state index contributed by atoms with van der Waals surface area (Å²) in [6.07, 6.45) is 0. The first-order valence-corrected chi connectivity index (χ1v) is 8.62. The number of hydrogen-bond acceptors (Lipinski definition) is 4. The molecule has 0 fully saturated rings. The molecule has 6 heteroatoms. The zero-order valence-corrected chi connectivity index (χ0v) is 15.3. The second-order valence-corrected chi connectivity index (χ2v) is 7.00. The molecule has 0 radical (unpaired) electrons. The van der Waals surface area contributed by atoms with Gasteiger partial charge in [-0.05, 0) is 44.0 Å². The molecule has 0 atom stereocenters. The number of rotatable bonds is 2. The van der Waals surface area contributed by atoms with E-state index < -0.39 is 0 Å². The number of pyridine rings is 1. The number of benzene rings is 1. The Hall–Kier alpha value is -2.53. The first-order chi connectivity index (χ1) is 12.0. The minimum absolute atomic E-state index is 0.322. The number of fused-ring (bicyclic) bond motifs is 3. The third-order valence-corrected chi connectivity index (χ3v) is 4.65. The summed E-state index contributed by atoms with van der Waals surface area (Å²) in [5.74, 6) is 1.01. The Bertz CT molecular complexity index is 1110. The number of halogens is 1. The highest BCUT2D eigenvalue weighted by molar-refractivity contribution is 6.33. The highest BCUT2D eigenvalue weighted by atomic mass is 35.5. The summed E-state index contributed by atoms with van der Waals surface area (Å²) < 4.78 is 1.96. The lowest BCUT2D eigenvalue weighted by atomic mass is 10.1.